The molecule has 2 unspecified atom stereocenters. The summed E-state index contributed by atoms with van der Waals surface area (Å²) in [6.07, 6.45) is 4.86. The Morgan fingerprint density at radius 3 is 2.81 bits per heavy atom. The maximum absolute atomic E-state index is 11.8. The lowest BCUT2D eigenvalue weighted by Gasteiger charge is -2.30. The molecular formula is C16H23BrN2O2. The summed E-state index contributed by atoms with van der Waals surface area (Å²) in [7, 11) is 0. The smallest absolute Gasteiger partial charge is 0.250 e. The van der Waals surface area contributed by atoms with Crippen LogP contribution < -0.4 is 11.1 Å². The van der Waals surface area contributed by atoms with E-state index in [1.54, 1.807) is 0 Å². The Morgan fingerprint density at radius 2 is 2.10 bits per heavy atom. The first-order valence-corrected chi connectivity index (χ1v) is 8.31. The Bertz CT molecular complexity index is 467. The maximum Gasteiger partial charge on any atom is 0.250 e. The number of hydrogen-bond acceptors (Lipinski definition) is 3. The predicted octanol–water partition coefficient (Wildman–Crippen LogP) is 3.17. The van der Waals surface area contributed by atoms with Gasteiger partial charge in [-0.1, -0.05) is 34.8 Å². The molecule has 0 saturated heterocycles. The molecule has 1 aromatic carbocycles. The third kappa shape index (κ3) is 5.41. The number of carbonyl (C=O) groups is 1. The molecule has 0 heterocycles. The molecule has 0 bridgehead atoms. The summed E-state index contributed by atoms with van der Waals surface area (Å²) in [5.41, 5.74) is 6.58. The molecule has 2 rings (SSSR count). The molecular weight excluding hydrogens is 332 g/mol. The van der Waals surface area contributed by atoms with E-state index >= 15 is 0 Å². The van der Waals surface area contributed by atoms with Gasteiger partial charge in [0.25, 0.3) is 0 Å². The number of carbonyl (C=O) groups excluding carboxylic acids is 1. The second-order valence-corrected chi connectivity index (χ2v) is 6.53. The van der Waals surface area contributed by atoms with Crippen molar-refractivity contribution in [3.8, 4) is 0 Å². The Labute approximate surface area is 134 Å². The summed E-state index contributed by atoms with van der Waals surface area (Å²) in [6, 6.07) is 7.52. The van der Waals surface area contributed by atoms with Crippen LogP contribution in [0.1, 0.15) is 25.7 Å². The fraction of sp³-hybridized carbons (Fsp3) is 0.562. The quantitative estimate of drug-likeness (QED) is 0.824. The van der Waals surface area contributed by atoms with Crippen LogP contribution in [0.4, 0.5) is 5.69 Å². The molecule has 0 aliphatic heterocycles. The monoisotopic (exact) mass is 354 g/mol. The Balaban J connectivity index is 1.71. The maximum atomic E-state index is 11.8. The van der Waals surface area contributed by atoms with E-state index in [4.69, 9.17) is 10.5 Å². The summed E-state index contributed by atoms with van der Waals surface area (Å²) < 4.78 is 6.53. The van der Waals surface area contributed by atoms with Gasteiger partial charge in [0, 0.05) is 10.2 Å². The van der Waals surface area contributed by atoms with Gasteiger partial charge < -0.3 is 15.8 Å². The SMILES string of the molecule is NCC1CCCCC1COCC(=O)Nc1cccc(Br)c1. The van der Waals surface area contributed by atoms with Gasteiger partial charge in [-0.25, -0.2) is 0 Å². The van der Waals surface area contributed by atoms with Crippen molar-refractivity contribution in [2.75, 3.05) is 25.1 Å². The van der Waals surface area contributed by atoms with Crippen molar-refractivity contribution in [1.82, 2.24) is 0 Å². The molecule has 2 atom stereocenters. The minimum absolute atomic E-state index is 0.0975. The van der Waals surface area contributed by atoms with Gasteiger partial charge in [0.1, 0.15) is 6.61 Å². The van der Waals surface area contributed by atoms with Crippen LogP contribution in [0.3, 0.4) is 0 Å². The normalized spacial score (nSPS) is 22.0. The predicted molar refractivity (Wildman–Crippen MR) is 88.1 cm³/mol. The van der Waals surface area contributed by atoms with E-state index in [-0.39, 0.29) is 12.5 Å². The van der Waals surface area contributed by atoms with E-state index in [1.807, 2.05) is 24.3 Å². The van der Waals surface area contributed by atoms with Gasteiger partial charge >= 0.3 is 0 Å². The van der Waals surface area contributed by atoms with Crippen molar-refractivity contribution in [3.63, 3.8) is 0 Å². The zero-order valence-electron chi connectivity index (χ0n) is 12.2. The van der Waals surface area contributed by atoms with Crippen LogP contribution in [0, 0.1) is 11.8 Å². The van der Waals surface area contributed by atoms with Crippen molar-refractivity contribution in [2.45, 2.75) is 25.7 Å². The number of amides is 1. The molecule has 1 aliphatic carbocycles. The Hall–Kier alpha value is -0.910. The average molecular weight is 355 g/mol. The van der Waals surface area contributed by atoms with Gasteiger partial charge in [0.2, 0.25) is 5.91 Å². The molecule has 1 fully saturated rings. The zero-order valence-corrected chi connectivity index (χ0v) is 13.8. The topological polar surface area (TPSA) is 64.3 Å². The minimum Gasteiger partial charge on any atom is -0.371 e. The van der Waals surface area contributed by atoms with E-state index in [0.29, 0.717) is 18.4 Å². The molecule has 1 aromatic rings. The number of halogens is 1. The van der Waals surface area contributed by atoms with Crippen LogP contribution in [0.15, 0.2) is 28.7 Å². The molecule has 1 amide bonds. The number of anilines is 1. The largest absolute Gasteiger partial charge is 0.371 e. The molecule has 0 aromatic heterocycles. The Morgan fingerprint density at radius 1 is 1.33 bits per heavy atom. The molecule has 116 valence electrons. The van der Waals surface area contributed by atoms with Crippen molar-refractivity contribution >= 4 is 27.5 Å². The highest BCUT2D eigenvalue weighted by Gasteiger charge is 2.24. The van der Waals surface area contributed by atoms with Crippen molar-refractivity contribution in [3.05, 3.63) is 28.7 Å². The first-order valence-electron chi connectivity index (χ1n) is 7.52. The van der Waals surface area contributed by atoms with Crippen LogP contribution in [0.25, 0.3) is 0 Å². The van der Waals surface area contributed by atoms with Gasteiger partial charge in [-0.2, -0.15) is 0 Å². The molecule has 3 N–H and O–H groups in total. The van der Waals surface area contributed by atoms with Crippen LogP contribution in [-0.2, 0) is 9.53 Å². The van der Waals surface area contributed by atoms with Gasteiger partial charge in [-0.3, -0.25) is 4.79 Å². The molecule has 21 heavy (non-hydrogen) atoms. The second-order valence-electron chi connectivity index (χ2n) is 5.61. The summed E-state index contributed by atoms with van der Waals surface area (Å²) in [5.74, 6) is 0.933. The van der Waals surface area contributed by atoms with E-state index in [9.17, 15) is 4.79 Å². The third-order valence-corrected chi connectivity index (χ3v) is 4.54. The fourth-order valence-corrected chi connectivity index (χ4v) is 3.28. The number of nitrogens with two attached hydrogens (primary N) is 1. The highest BCUT2D eigenvalue weighted by Crippen LogP contribution is 2.29. The van der Waals surface area contributed by atoms with Crippen molar-refractivity contribution < 1.29 is 9.53 Å². The van der Waals surface area contributed by atoms with Gasteiger partial charge in [0.05, 0.1) is 6.61 Å². The molecule has 1 saturated carbocycles. The number of nitrogens with one attached hydrogen (secondary N) is 1. The van der Waals surface area contributed by atoms with E-state index < -0.39 is 0 Å². The van der Waals surface area contributed by atoms with Gasteiger partial charge in [-0.05, 0) is 49.4 Å². The number of rotatable bonds is 6. The summed E-state index contributed by atoms with van der Waals surface area (Å²) >= 11 is 3.38. The van der Waals surface area contributed by atoms with Crippen LogP contribution in [0.2, 0.25) is 0 Å². The lowest BCUT2D eigenvalue weighted by atomic mass is 9.80. The molecule has 0 spiro atoms. The highest BCUT2D eigenvalue weighted by molar-refractivity contribution is 9.10. The van der Waals surface area contributed by atoms with Crippen molar-refractivity contribution in [1.29, 1.82) is 0 Å². The standard InChI is InChI=1S/C16H23BrN2O2/c17-14-6-3-7-15(8-14)19-16(20)11-21-10-13-5-2-1-4-12(13)9-18/h3,6-8,12-13H,1-2,4-5,9-11,18H2,(H,19,20). The van der Waals surface area contributed by atoms with Crippen molar-refractivity contribution in [2.24, 2.45) is 17.6 Å². The first-order chi connectivity index (χ1) is 10.2. The van der Waals surface area contributed by atoms with Gasteiger partial charge in [0.15, 0.2) is 0 Å². The summed E-state index contributed by atoms with van der Waals surface area (Å²) in [6.45, 7) is 1.45. The highest BCUT2D eigenvalue weighted by atomic mass is 79.9. The second kappa shape index (κ2) is 8.51. The lowest BCUT2D eigenvalue weighted by molar-refractivity contribution is -0.121. The van der Waals surface area contributed by atoms with Gasteiger partial charge in [-0.15, -0.1) is 0 Å². The third-order valence-electron chi connectivity index (χ3n) is 4.04. The Kier molecular flexibility index (Phi) is 6.67. The van der Waals surface area contributed by atoms with E-state index in [1.165, 1.54) is 19.3 Å². The molecule has 5 heteroatoms. The number of hydrogen-bond donors (Lipinski definition) is 2. The lowest BCUT2D eigenvalue weighted by Crippen LogP contribution is -2.31. The molecule has 0 radical (unpaired) electrons. The number of ether oxygens (including phenoxy) is 1. The average Bonchev–Trinajstić information content (AvgIpc) is 2.47. The zero-order chi connectivity index (χ0) is 15.1. The van der Waals surface area contributed by atoms with Crippen LogP contribution in [0.5, 0.6) is 0 Å². The summed E-state index contributed by atoms with van der Waals surface area (Å²) in [4.78, 5) is 11.8. The fourth-order valence-electron chi connectivity index (χ4n) is 2.88. The van der Waals surface area contributed by atoms with Crippen LogP contribution >= 0.6 is 15.9 Å². The molecule has 4 nitrogen and oxygen atoms in total. The molecule has 1 aliphatic rings. The first kappa shape index (κ1) is 16.5. The number of benzene rings is 1. The summed E-state index contributed by atoms with van der Waals surface area (Å²) in [5, 5.41) is 2.83. The van der Waals surface area contributed by atoms with E-state index in [2.05, 4.69) is 21.2 Å². The van der Waals surface area contributed by atoms with E-state index in [0.717, 1.165) is 23.1 Å². The minimum atomic E-state index is -0.117. The van der Waals surface area contributed by atoms with Crippen LogP contribution in [-0.4, -0.2) is 25.7 Å².